The van der Waals surface area contributed by atoms with E-state index >= 15 is 0 Å². The molecule has 0 saturated heterocycles. The Morgan fingerprint density at radius 3 is 2.78 bits per heavy atom. The number of para-hydroxylation sites is 2. The first kappa shape index (κ1) is 15.0. The van der Waals surface area contributed by atoms with Gasteiger partial charge in [0.25, 0.3) is 5.56 Å². The molecule has 0 N–H and O–H groups in total. The number of hydrogen-bond acceptors (Lipinski definition) is 3. The van der Waals surface area contributed by atoms with Crippen LogP contribution in [0.25, 0.3) is 22.2 Å². The summed E-state index contributed by atoms with van der Waals surface area (Å²) in [6.07, 6.45) is 2.76. The van der Waals surface area contributed by atoms with Gasteiger partial charge in [-0.25, -0.2) is 4.39 Å². The van der Waals surface area contributed by atoms with Crippen molar-refractivity contribution in [3.05, 3.63) is 71.0 Å². The van der Waals surface area contributed by atoms with Crippen LogP contribution in [0.15, 0.2) is 54.1 Å². The van der Waals surface area contributed by atoms with Crippen molar-refractivity contribution in [3.63, 3.8) is 0 Å². The minimum Gasteiger partial charge on any atom is -0.495 e. The summed E-state index contributed by atoms with van der Waals surface area (Å²) >= 11 is 0. The molecule has 0 aliphatic heterocycles. The third-order valence-corrected chi connectivity index (χ3v) is 3.62. The molecule has 0 amide bonds. The number of nitrogens with zero attached hydrogens (tertiary/aromatic N) is 2. The summed E-state index contributed by atoms with van der Waals surface area (Å²) in [7, 11) is 1.53. The Morgan fingerprint density at radius 1 is 1.35 bits per heavy atom. The number of fused-ring (bicyclic) bond motifs is 1. The Hall–Kier alpha value is -2.95. The second-order valence-electron chi connectivity index (χ2n) is 5.22. The van der Waals surface area contributed by atoms with Crippen LogP contribution in [0.2, 0.25) is 0 Å². The summed E-state index contributed by atoms with van der Waals surface area (Å²) < 4.78 is 20.3. The molecule has 0 atom stereocenters. The lowest BCUT2D eigenvalue weighted by Gasteiger charge is -2.14. The van der Waals surface area contributed by atoms with Gasteiger partial charge in [0.05, 0.1) is 29.9 Å². The van der Waals surface area contributed by atoms with Crippen molar-refractivity contribution >= 4 is 16.5 Å². The predicted molar refractivity (Wildman–Crippen MR) is 88.6 cm³/mol. The Balaban J connectivity index is 2.45. The first-order valence-electron chi connectivity index (χ1n) is 7.03. The summed E-state index contributed by atoms with van der Waals surface area (Å²) in [4.78, 5) is 16.9. The van der Waals surface area contributed by atoms with E-state index in [9.17, 15) is 9.18 Å². The molecule has 0 bridgehead atoms. The minimum atomic E-state index is -0.556. The van der Waals surface area contributed by atoms with Crippen molar-refractivity contribution in [2.45, 2.75) is 6.92 Å². The van der Waals surface area contributed by atoms with Gasteiger partial charge in [0.15, 0.2) is 0 Å². The maximum absolute atomic E-state index is 13.6. The first-order valence-corrected chi connectivity index (χ1v) is 7.03. The van der Waals surface area contributed by atoms with Gasteiger partial charge in [0, 0.05) is 11.8 Å². The van der Waals surface area contributed by atoms with E-state index in [0.29, 0.717) is 22.5 Å². The number of allylic oxidation sites excluding steroid dienone is 1. The molecule has 4 nitrogen and oxygen atoms in total. The molecule has 0 spiro atoms. The Morgan fingerprint density at radius 2 is 2.09 bits per heavy atom. The fraction of sp³-hybridized carbons (Fsp3) is 0.111. The molecule has 0 radical (unpaired) electrons. The lowest BCUT2D eigenvalue weighted by atomic mass is 10.1. The zero-order valence-electron chi connectivity index (χ0n) is 12.8. The van der Waals surface area contributed by atoms with Crippen LogP contribution < -0.4 is 10.3 Å². The lowest BCUT2D eigenvalue weighted by molar-refractivity contribution is 0.412. The van der Waals surface area contributed by atoms with Crippen LogP contribution in [-0.2, 0) is 0 Å². The molecular formula is C18H15FN2O2. The number of methoxy groups -OCH3 is 1. The third-order valence-electron chi connectivity index (χ3n) is 3.62. The van der Waals surface area contributed by atoms with Crippen molar-refractivity contribution < 1.29 is 9.13 Å². The van der Waals surface area contributed by atoms with E-state index in [1.54, 1.807) is 24.4 Å². The molecular weight excluding hydrogens is 295 g/mol. The molecule has 116 valence electrons. The van der Waals surface area contributed by atoms with E-state index in [1.807, 2.05) is 13.0 Å². The molecule has 3 aromatic rings. The lowest BCUT2D eigenvalue weighted by Crippen LogP contribution is -2.20. The van der Waals surface area contributed by atoms with Crippen LogP contribution in [0.5, 0.6) is 5.75 Å². The highest BCUT2D eigenvalue weighted by atomic mass is 19.1. The van der Waals surface area contributed by atoms with Crippen LogP contribution in [0.1, 0.15) is 12.5 Å². The van der Waals surface area contributed by atoms with Crippen molar-refractivity contribution in [1.82, 2.24) is 9.55 Å². The Kier molecular flexibility index (Phi) is 3.70. The van der Waals surface area contributed by atoms with Gasteiger partial charge in [-0.1, -0.05) is 18.7 Å². The average molecular weight is 310 g/mol. The molecule has 3 rings (SSSR count). The summed E-state index contributed by atoms with van der Waals surface area (Å²) in [6, 6.07) is 8.34. The molecule has 0 saturated carbocycles. The first-order chi connectivity index (χ1) is 11.0. The Labute approximate surface area is 132 Å². The number of aromatic nitrogens is 2. The number of pyridine rings is 2. The molecule has 0 fully saturated rings. The van der Waals surface area contributed by atoms with E-state index < -0.39 is 5.82 Å². The van der Waals surface area contributed by atoms with Crippen molar-refractivity contribution in [2.24, 2.45) is 0 Å². The average Bonchev–Trinajstić information content (AvgIpc) is 2.55. The van der Waals surface area contributed by atoms with Gasteiger partial charge >= 0.3 is 0 Å². The maximum Gasteiger partial charge on any atom is 0.264 e. The molecule has 1 aromatic carbocycles. The van der Waals surface area contributed by atoms with E-state index in [2.05, 4.69) is 11.6 Å². The van der Waals surface area contributed by atoms with Crippen LogP contribution in [0, 0.1) is 5.82 Å². The predicted octanol–water partition coefficient (Wildman–Crippen LogP) is 3.57. The SMILES string of the molecule is C=C(C)c1cn(-c2ccccc2OC)c(=O)c2cc(F)cnc12. The second kappa shape index (κ2) is 5.68. The fourth-order valence-electron chi connectivity index (χ4n) is 2.52. The van der Waals surface area contributed by atoms with Gasteiger partial charge in [-0.3, -0.25) is 14.3 Å². The smallest absolute Gasteiger partial charge is 0.264 e. The fourth-order valence-corrected chi connectivity index (χ4v) is 2.52. The number of hydrogen-bond donors (Lipinski definition) is 0. The molecule has 23 heavy (non-hydrogen) atoms. The highest BCUT2D eigenvalue weighted by molar-refractivity contribution is 5.89. The normalized spacial score (nSPS) is 10.7. The standard InChI is InChI=1S/C18H15FN2O2/c1-11(2)14-10-21(15-6-4-5-7-16(15)23-3)18(22)13-8-12(19)9-20-17(13)14/h4-10H,1H2,2-3H3. The summed E-state index contributed by atoms with van der Waals surface area (Å²) in [6.45, 7) is 5.74. The van der Waals surface area contributed by atoms with E-state index in [0.717, 1.165) is 11.8 Å². The Bertz CT molecular complexity index is 976. The summed E-state index contributed by atoms with van der Waals surface area (Å²) in [5, 5.41) is 0.205. The third kappa shape index (κ3) is 2.50. The molecule has 2 heterocycles. The van der Waals surface area contributed by atoms with Crippen molar-refractivity contribution in [1.29, 1.82) is 0 Å². The van der Waals surface area contributed by atoms with Gasteiger partial charge in [0.2, 0.25) is 0 Å². The highest BCUT2D eigenvalue weighted by Crippen LogP contribution is 2.25. The van der Waals surface area contributed by atoms with Crippen LogP contribution in [0.3, 0.4) is 0 Å². The second-order valence-corrected chi connectivity index (χ2v) is 5.22. The van der Waals surface area contributed by atoms with Gasteiger partial charge in [-0.05, 0) is 30.7 Å². The van der Waals surface area contributed by atoms with Gasteiger partial charge < -0.3 is 4.74 Å². The van der Waals surface area contributed by atoms with Crippen LogP contribution in [-0.4, -0.2) is 16.7 Å². The van der Waals surface area contributed by atoms with Crippen LogP contribution >= 0.6 is 0 Å². The highest BCUT2D eigenvalue weighted by Gasteiger charge is 2.14. The van der Waals surface area contributed by atoms with E-state index in [-0.39, 0.29) is 10.9 Å². The minimum absolute atomic E-state index is 0.205. The number of rotatable bonds is 3. The van der Waals surface area contributed by atoms with Crippen molar-refractivity contribution in [2.75, 3.05) is 7.11 Å². The number of ether oxygens (including phenoxy) is 1. The molecule has 0 unspecified atom stereocenters. The monoisotopic (exact) mass is 310 g/mol. The van der Waals surface area contributed by atoms with Gasteiger partial charge in [-0.2, -0.15) is 0 Å². The molecule has 2 aromatic heterocycles. The number of benzene rings is 1. The summed E-state index contributed by atoms with van der Waals surface area (Å²) in [5.74, 6) is -0.00832. The van der Waals surface area contributed by atoms with Crippen LogP contribution in [0.4, 0.5) is 4.39 Å². The maximum atomic E-state index is 13.6. The van der Waals surface area contributed by atoms with Gasteiger partial charge in [-0.15, -0.1) is 0 Å². The molecule has 0 aliphatic carbocycles. The van der Waals surface area contributed by atoms with Crippen molar-refractivity contribution in [3.8, 4) is 11.4 Å². The van der Waals surface area contributed by atoms with Gasteiger partial charge in [0.1, 0.15) is 11.6 Å². The van der Waals surface area contributed by atoms with E-state index in [1.165, 1.54) is 17.7 Å². The quantitative estimate of drug-likeness (QED) is 0.743. The van der Waals surface area contributed by atoms with E-state index in [4.69, 9.17) is 4.74 Å². The zero-order chi connectivity index (χ0) is 16.6. The molecule has 0 aliphatic rings. The molecule has 5 heteroatoms. The number of halogens is 1. The zero-order valence-corrected chi connectivity index (χ0v) is 12.8. The largest absolute Gasteiger partial charge is 0.495 e. The topological polar surface area (TPSA) is 44.1 Å². The summed E-state index contributed by atoms with van der Waals surface area (Å²) in [5.41, 5.74) is 2.08.